The third-order valence-corrected chi connectivity index (χ3v) is 3.08. The van der Waals surface area contributed by atoms with Crippen molar-refractivity contribution >= 4 is 11.9 Å². The second-order valence-corrected chi connectivity index (χ2v) is 4.22. The number of piperazine rings is 1. The van der Waals surface area contributed by atoms with E-state index in [2.05, 4.69) is 5.32 Å². The van der Waals surface area contributed by atoms with E-state index in [-0.39, 0.29) is 12.5 Å². The highest BCUT2D eigenvalue weighted by Gasteiger charge is 2.31. The molecule has 3 N–H and O–H groups in total. The van der Waals surface area contributed by atoms with Gasteiger partial charge in [-0.1, -0.05) is 0 Å². The van der Waals surface area contributed by atoms with Crippen molar-refractivity contribution in [1.82, 2.24) is 15.1 Å². The molecule has 7 heteroatoms. The SMILES string of the molecule is NC(=O)N1CCOC(C(=O)N2CCNCC2)C1. The summed E-state index contributed by atoms with van der Waals surface area (Å²) in [6, 6.07) is -0.494. The molecule has 2 fully saturated rings. The van der Waals surface area contributed by atoms with E-state index in [0.29, 0.717) is 26.2 Å². The minimum Gasteiger partial charge on any atom is -0.365 e. The number of nitrogens with two attached hydrogens (primary N) is 1. The number of urea groups is 1. The maximum atomic E-state index is 12.1. The molecule has 0 aromatic heterocycles. The zero-order chi connectivity index (χ0) is 12.3. The molecule has 0 aliphatic carbocycles. The summed E-state index contributed by atoms with van der Waals surface area (Å²) in [5.41, 5.74) is 5.20. The monoisotopic (exact) mass is 242 g/mol. The zero-order valence-electron chi connectivity index (χ0n) is 9.72. The number of hydrogen-bond acceptors (Lipinski definition) is 4. The molecule has 2 saturated heterocycles. The Hall–Kier alpha value is -1.34. The molecule has 0 bridgehead atoms. The summed E-state index contributed by atoms with van der Waals surface area (Å²) in [6.07, 6.45) is -0.561. The first-order chi connectivity index (χ1) is 8.18. The number of morpholine rings is 1. The number of rotatable bonds is 1. The van der Waals surface area contributed by atoms with Crippen molar-refractivity contribution in [1.29, 1.82) is 0 Å². The minimum atomic E-state index is -0.561. The van der Waals surface area contributed by atoms with Gasteiger partial charge < -0.3 is 25.6 Å². The summed E-state index contributed by atoms with van der Waals surface area (Å²) in [6.45, 7) is 4.07. The van der Waals surface area contributed by atoms with Crippen LogP contribution in [0.4, 0.5) is 4.79 Å². The lowest BCUT2D eigenvalue weighted by atomic mass is 10.2. The molecule has 0 aromatic carbocycles. The van der Waals surface area contributed by atoms with Gasteiger partial charge in [0.05, 0.1) is 13.2 Å². The second kappa shape index (κ2) is 5.33. The molecule has 2 heterocycles. The van der Waals surface area contributed by atoms with Crippen LogP contribution >= 0.6 is 0 Å². The van der Waals surface area contributed by atoms with Crippen molar-refractivity contribution in [3.05, 3.63) is 0 Å². The van der Waals surface area contributed by atoms with Crippen molar-refractivity contribution in [3.8, 4) is 0 Å². The molecule has 0 aromatic rings. The van der Waals surface area contributed by atoms with Crippen LogP contribution < -0.4 is 11.1 Å². The van der Waals surface area contributed by atoms with E-state index in [4.69, 9.17) is 10.5 Å². The molecule has 2 aliphatic rings. The third-order valence-electron chi connectivity index (χ3n) is 3.08. The normalized spacial score (nSPS) is 25.8. The van der Waals surface area contributed by atoms with Gasteiger partial charge in [-0.05, 0) is 0 Å². The number of nitrogens with one attached hydrogen (secondary N) is 1. The van der Waals surface area contributed by atoms with Crippen LogP contribution in [-0.2, 0) is 9.53 Å². The number of carbonyl (C=O) groups is 2. The Morgan fingerprint density at radius 1 is 1.18 bits per heavy atom. The number of ether oxygens (including phenoxy) is 1. The maximum absolute atomic E-state index is 12.1. The number of primary amides is 1. The molecule has 96 valence electrons. The molecule has 0 radical (unpaired) electrons. The van der Waals surface area contributed by atoms with E-state index in [1.807, 2.05) is 0 Å². The summed E-state index contributed by atoms with van der Waals surface area (Å²) < 4.78 is 5.41. The van der Waals surface area contributed by atoms with Gasteiger partial charge in [0.25, 0.3) is 5.91 Å². The van der Waals surface area contributed by atoms with Crippen molar-refractivity contribution in [2.45, 2.75) is 6.10 Å². The standard InChI is InChI=1S/C10H18N4O3/c11-10(16)14-5-6-17-8(7-14)9(15)13-3-1-12-2-4-13/h8,12H,1-7H2,(H2,11,16). The molecule has 7 nitrogen and oxygen atoms in total. The highest BCUT2D eigenvalue weighted by molar-refractivity contribution is 5.82. The highest BCUT2D eigenvalue weighted by Crippen LogP contribution is 2.09. The summed E-state index contributed by atoms with van der Waals surface area (Å²) >= 11 is 0. The van der Waals surface area contributed by atoms with Gasteiger partial charge in [0.15, 0.2) is 6.10 Å². The predicted octanol–water partition coefficient (Wildman–Crippen LogP) is -1.80. The van der Waals surface area contributed by atoms with E-state index in [9.17, 15) is 9.59 Å². The Balaban J connectivity index is 1.91. The number of nitrogens with zero attached hydrogens (tertiary/aromatic N) is 2. The first-order valence-electron chi connectivity index (χ1n) is 5.84. The molecule has 1 unspecified atom stereocenters. The van der Waals surface area contributed by atoms with E-state index in [1.165, 1.54) is 4.90 Å². The van der Waals surface area contributed by atoms with Crippen LogP contribution in [0.5, 0.6) is 0 Å². The van der Waals surface area contributed by atoms with Crippen molar-refractivity contribution < 1.29 is 14.3 Å². The Morgan fingerprint density at radius 2 is 1.88 bits per heavy atom. The predicted molar refractivity (Wildman–Crippen MR) is 60.3 cm³/mol. The smallest absolute Gasteiger partial charge is 0.314 e. The average molecular weight is 242 g/mol. The third kappa shape index (κ3) is 2.86. The highest BCUT2D eigenvalue weighted by atomic mass is 16.5. The molecule has 1 atom stereocenters. The Kier molecular flexibility index (Phi) is 3.80. The van der Waals surface area contributed by atoms with Gasteiger partial charge in [0, 0.05) is 32.7 Å². The van der Waals surface area contributed by atoms with Crippen LogP contribution in [0, 0.1) is 0 Å². The van der Waals surface area contributed by atoms with Crippen LogP contribution in [0.2, 0.25) is 0 Å². The fraction of sp³-hybridized carbons (Fsp3) is 0.800. The van der Waals surface area contributed by atoms with Gasteiger partial charge in [0.2, 0.25) is 0 Å². The first-order valence-corrected chi connectivity index (χ1v) is 5.84. The number of carbonyl (C=O) groups excluding carboxylic acids is 2. The van der Waals surface area contributed by atoms with Crippen molar-refractivity contribution in [2.75, 3.05) is 45.9 Å². The van der Waals surface area contributed by atoms with Crippen molar-refractivity contribution in [2.24, 2.45) is 5.73 Å². The summed E-state index contributed by atoms with van der Waals surface area (Å²) in [5.74, 6) is -0.0440. The summed E-state index contributed by atoms with van der Waals surface area (Å²) in [5, 5.41) is 3.18. The van der Waals surface area contributed by atoms with E-state index < -0.39 is 12.1 Å². The van der Waals surface area contributed by atoms with E-state index >= 15 is 0 Å². The summed E-state index contributed by atoms with van der Waals surface area (Å²) in [7, 11) is 0. The topological polar surface area (TPSA) is 87.9 Å². The van der Waals surface area contributed by atoms with Gasteiger partial charge in [-0.2, -0.15) is 0 Å². The molecule has 2 rings (SSSR count). The number of hydrogen-bond donors (Lipinski definition) is 2. The molecule has 0 spiro atoms. The molecular weight excluding hydrogens is 224 g/mol. The van der Waals surface area contributed by atoms with Gasteiger partial charge in [-0.3, -0.25) is 4.79 Å². The lowest BCUT2D eigenvalue weighted by Crippen LogP contribution is -2.56. The van der Waals surface area contributed by atoms with E-state index in [0.717, 1.165) is 13.1 Å². The van der Waals surface area contributed by atoms with Crippen LogP contribution in [0.3, 0.4) is 0 Å². The lowest BCUT2D eigenvalue weighted by Gasteiger charge is -2.35. The maximum Gasteiger partial charge on any atom is 0.314 e. The van der Waals surface area contributed by atoms with Gasteiger partial charge in [-0.25, -0.2) is 4.79 Å². The van der Waals surface area contributed by atoms with Gasteiger partial charge >= 0.3 is 6.03 Å². The zero-order valence-corrected chi connectivity index (χ0v) is 9.72. The molecule has 2 aliphatic heterocycles. The Labute approximate surface area is 99.9 Å². The number of amides is 3. The van der Waals surface area contributed by atoms with Gasteiger partial charge in [0.1, 0.15) is 0 Å². The molecule has 3 amide bonds. The van der Waals surface area contributed by atoms with Crippen LogP contribution in [0.25, 0.3) is 0 Å². The molecular formula is C10H18N4O3. The molecule has 0 saturated carbocycles. The van der Waals surface area contributed by atoms with Gasteiger partial charge in [-0.15, -0.1) is 0 Å². The minimum absolute atomic E-state index is 0.0440. The van der Waals surface area contributed by atoms with Crippen LogP contribution in [0.15, 0.2) is 0 Å². The largest absolute Gasteiger partial charge is 0.365 e. The fourth-order valence-electron chi connectivity index (χ4n) is 2.09. The van der Waals surface area contributed by atoms with Crippen molar-refractivity contribution in [3.63, 3.8) is 0 Å². The average Bonchev–Trinajstić information content (AvgIpc) is 2.39. The van der Waals surface area contributed by atoms with Crippen LogP contribution in [0.1, 0.15) is 0 Å². The quantitative estimate of drug-likeness (QED) is 0.568. The lowest BCUT2D eigenvalue weighted by molar-refractivity contribution is -0.148. The van der Waals surface area contributed by atoms with E-state index in [1.54, 1.807) is 4.90 Å². The summed E-state index contributed by atoms with van der Waals surface area (Å²) in [4.78, 5) is 26.4. The Morgan fingerprint density at radius 3 is 2.53 bits per heavy atom. The Bertz CT molecular complexity index is 304. The second-order valence-electron chi connectivity index (χ2n) is 4.22. The molecule has 17 heavy (non-hydrogen) atoms. The first kappa shape index (κ1) is 12.1. The van der Waals surface area contributed by atoms with Crippen LogP contribution in [-0.4, -0.2) is 73.7 Å². The fourth-order valence-corrected chi connectivity index (χ4v) is 2.09.